The standard InChI is InChI=1S/C15H19F4N/c1-2-14(7-10-3-4-10)20-9-11-5-12(15(17,18)19)8-13(16)6-11/h5-6,8,10,14,20H,2-4,7,9H2,1H3. The van der Waals surface area contributed by atoms with E-state index >= 15 is 0 Å². The van der Waals surface area contributed by atoms with E-state index in [9.17, 15) is 17.6 Å². The lowest BCUT2D eigenvalue weighted by Gasteiger charge is -2.17. The third-order valence-corrected chi connectivity index (χ3v) is 3.69. The SMILES string of the molecule is CCC(CC1CC1)NCc1cc(F)cc(C(F)(F)F)c1. The fraction of sp³-hybridized carbons (Fsp3) is 0.600. The van der Waals surface area contributed by atoms with E-state index in [-0.39, 0.29) is 6.54 Å². The Morgan fingerprint density at radius 3 is 2.50 bits per heavy atom. The molecule has 0 heterocycles. The molecule has 0 spiro atoms. The van der Waals surface area contributed by atoms with Gasteiger partial charge in [0.05, 0.1) is 5.56 Å². The smallest absolute Gasteiger partial charge is 0.310 e. The summed E-state index contributed by atoms with van der Waals surface area (Å²) in [5.74, 6) is -0.0856. The molecule has 1 saturated carbocycles. The van der Waals surface area contributed by atoms with Gasteiger partial charge < -0.3 is 5.32 Å². The van der Waals surface area contributed by atoms with Gasteiger partial charge in [-0.2, -0.15) is 13.2 Å². The van der Waals surface area contributed by atoms with E-state index in [4.69, 9.17) is 0 Å². The summed E-state index contributed by atoms with van der Waals surface area (Å²) in [6.07, 6.45) is -0.0301. The number of alkyl halides is 3. The Morgan fingerprint density at radius 2 is 1.95 bits per heavy atom. The molecule has 1 aliphatic carbocycles. The quantitative estimate of drug-likeness (QED) is 0.760. The van der Waals surface area contributed by atoms with Crippen molar-refractivity contribution in [2.75, 3.05) is 0 Å². The zero-order valence-electron chi connectivity index (χ0n) is 11.4. The Bertz CT molecular complexity index is 452. The highest BCUT2D eigenvalue weighted by Crippen LogP contribution is 2.34. The molecule has 0 saturated heterocycles. The molecule has 0 bridgehead atoms. The van der Waals surface area contributed by atoms with E-state index in [0.717, 1.165) is 30.9 Å². The van der Waals surface area contributed by atoms with Gasteiger partial charge in [0.1, 0.15) is 5.82 Å². The minimum absolute atomic E-state index is 0.270. The molecular weight excluding hydrogens is 270 g/mol. The number of hydrogen-bond donors (Lipinski definition) is 1. The second kappa shape index (κ2) is 6.12. The van der Waals surface area contributed by atoms with Gasteiger partial charge in [0.15, 0.2) is 0 Å². The molecule has 1 fully saturated rings. The minimum Gasteiger partial charge on any atom is -0.310 e. The van der Waals surface area contributed by atoms with E-state index in [2.05, 4.69) is 5.32 Å². The molecule has 1 aromatic carbocycles. The molecular formula is C15H19F4N. The van der Waals surface area contributed by atoms with Crippen LogP contribution in [0.2, 0.25) is 0 Å². The lowest BCUT2D eigenvalue weighted by atomic mass is 10.1. The predicted molar refractivity (Wildman–Crippen MR) is 69.7 cm³/mol. The topological polar surface area (TPSA) is 12.0 Å². The van der Waals surface area contributed by atoms with Crippen molar-refractivity contribution in [3.8, 4) is 0 Å². The Balaban J connectivity index is 1.99. The fourth-order valence-corrected chi connectivity index (χ4v) is 2.33. The van der Waals surface area contributed by atoms with Crippen LogP contribution in [0.25, 0.3) is 0 Å². The summed E-state index contributed by atoms with van der Waals surface area (Å²) in [6, 6.07) is 3.00. The van der Waals surface area contributed by atoms with E-state index in [0.29, 0.717) is 17.7 Å². The lowest BCUT2D eigenvalue weighted by Crippen LogP contribution is -2.28. The van der Waals surface area contributed by atoms with Crippen LogP contribution >= 0.6 is 0 Å². The largest absolute Gasteiger partial charge is 0.416 e. The van der Waals surface area contributed by atoms with Gasteiger partial charge in [-0.3, -0.25) is 0 Å². The maximum absolute atomic E-state index is 13.3. The molecule has 1 atom stereocenters. The van der Waals surface area contributed by atoms with Crippen LogP contribution in [0.15, 0.2) is 18.2 Å². The average Bonchev–Trinajstić information content (AvgIpc) is 3.16. The highest BCUT2D eigenvalue weighted by atomic mass is 19.4. The fourth-order valence-electron chi connectivity index (χ4n) is 2.33. The molecule has 112 valence electrons. The summed E-state index contributed by atoms with van der Waals surface area (Å²) in [4.78, 5) is 0. The monoisotopic (exact) mass is 289 g/mol. The highest BCUT2D eigenvalue weighted by molar-refractivity contribution is 5.26. The van der Waals surface area contributed by atoms with Crippen molar-refractivity contribution in [2.24, 2.45) is 5.92 Å². The summed E-state index contributed by atoms with van der Waals surface area (Å²) in [7, 11) is 0. The number of hydrogen-bond acceptors (Lipinski definition) is 1. The number of nitrogens with one attached hydrogen (secondary N) is 1. The van der Waals surface area contributed by atoms with Gasteiger partial charge in [-0.15, -0.1) is 0 Å². The molecule has 0 aromatic heterocycles. The van der Waals surface area contributed by atoms with Gasteiger partial charge in [-0.25, -0.2) is 4.39 Å². The van der Waals surface area contributed by atoms with Crippen LogP contribution in [-0.2, 0) is 12.7 Å². The summed E-state index contributed by atoms with van der Waals surface area (Å²) < 4.78 is 51.1. The van der Waals surface area contributed by atoms with Crippen molar-refractivity contribution in [2.45, 2.75) is 51.4 Å². The maximum Gasteiger partial charge on any atom is 0.416 e. The lowest BCUT2D eigenvalue weighted by molar-refractivity contribution is -0.137. The molecule has 2 rings (SSSR count). The molecule has 1 N–H and O–H groups in total. The highest BCUT2D eigenvalue weighted by Gasteiger charge is 2.31. The zero-order chi connectivity index (χ0) is 14.8. The summed E-state index contributed by atoms with van der Waals surface area (Å²) in [5, 5.41) is 3.23. The molecule has 0 amide bonds. The van der Waals surface area contributed by atoms with Crippen LogP contribution in [0, 0.1) is 11.7 Å². The van der Waals surface area contributed by atoms with E-state index in [1.807, 2.05) is 6.92 Å². The Hall–Kier alpha value is -1.10. The van der Waals surface area contributed by atoms with Gasteiger partial charge in [0.25, 0.3) is 0 Å². The van der Waals surface area contributed by atoms with E-state index < -0.39 is 17.6 Å². The summed E-state index contributed by atoms with van der Waals surface area (Å²) >= 11 is 0. The maximum atomic E-state index is 13.3. The zero-order valence-corrected chi connectivity index (χ0v) is 11.4. The van der Waals surface area contributed by atoms with Gasteiger partial charge in [0, 0.05) is 12.6 Å². The number of rotatable bonds is 6. The van der Waals surface area contributed by atoms with Crippen molar-refractivity contribution >= 4 is 0 Å². The van der Waals surface area contributed by atoms with E-state index in [1.165, 1.54) is 12.8 Å². The Kier molecular flexibility index (Phi) is 4.68. The first-order chi connectivity index (χ1) is 9.38. The van der Waals surface area contributed by atoms with Crippen molar-refractivity contribution in [1.82, 2.24) is 5.32 Å². The van der Waals surface area contributed by atoms with Gasteiger partial charge in [-0.05, 0) is 42.5 Å². The molecule has 0 aliphatic heterocycles. The van der Waals surface area contributed by atoms with E-state index in [1.54, 1.807) is 0 Å². The van der Waals surface area contributed by atoms with Crippen molar-refractivity contribution in [1.29, 1.82) is 0 Å². The van der Waals surface area contributed by atoms with Crippen LogP contribution in [0.1, 0.15) is 43.7 Å². The number of halogens is 4. The first-order valence-corrected chi connectivity index (χ1v) is 6.98. The molecule has 1 aromatic rings. The van der Waals surface area contributed by atoms with Gasteiger partial charge >= 0.3 is 6.18 Å². The second-order valence-corrected chi connectivity index (χ2v) is 5.51. The third-order valence-electron chi connectivity index (χ3n) is 3.69. The molecule has 0 radical (unpaired) electrons. The molecule has 1 nitrogen and oxygen atoms in total. The van der Waals surface area contributed by atoms with Crippen LogP contribution < -0.4 is 5.32 Å². The average molecular weight is 289 g/mol. The summed E-state index contributed by atoms with van der Waals surface area (Å²) in [5.41, 5.74) is -0.587. The number of benzene rings is 1. The first kappa shape index (κ1) is 15.3. The van der Waals surface area contributed by atoms with Crippen molar-refractivity contribution in [3.05, 3.63) is 35.1 Å². The van der Waals surface area contributed by atoms with Crippen LogP contribution in [-0.4, -0.2) is 6.04 Å². The Morgan fingerprint density at radius 1 is 1.25 bits per heavy atom. The van der Waals surface area contributed by atoms with Crippen molar-refractivity contribution < 1.29 is 17.6 Å². The van der Waals surface area contributed by atoms with Crippen molar-refractivity contribution in [3.63, 3.8) is 0 Å². The molecule has 1 aliphatic rings. The van der Waals surface area contributed by atoms with Crippen LogP contribution in [0.3, 0.4) is 0 Å². The molecule has 20 heavy (non-hydrogen) atoms. The third kappa shape index (κ3) is 4.47. The van der Waals surface area contributed by atoms with Gasteiger partial charge in [-0.1, -0.05) is 19.8 Å². The second-order valence-electron chi connectivity index (χ2n) is 5.51. The molecule has 5 heteroatoms. The van der Waals surface area contributed by atoms with Crippen LogP contribution in [0.4, 0.5) is 17.6 Å². The van der Waals surface area contributed by atoms with Crippen LogP contribution in [0.5, 0.6) is 0 Å². The summed E-state index contributed by atoms with van der Waals surface area (Å²) in [6.45, 7) is 2.32. The first-order valence-electron chi connectivity index (χ1n) is 6.98. The minimum atomic E-state index is -4.50. The normalized spacial score (nSPS) is 17.2. The molecule has 1 unspecified atom stereocenters. The Labute approximate surface area is 116 Å². The van der Waals surface area contributed by atoms with Gasteiger partial charge in [0.2, 0.25) is 0 Å². The predicted octanol–water partition coefficient (Wildman–Crippen LogP) is 4.51.